The summed E-state index contributed by atoms with van der Waals surface area (Å²) in [6, 6.07) is 13.7. The summed E-state index contributed by atoms with van der Waals surface area (Å²) >= 11 is 6.24. The van der Waals surface area contributed by atoms with E-state index in [1.54, 1.807) is 0 Å². The van der Waals surface area contributed by atoms with Gasteiger partial charge in [0.2, 0.25) is 0 Å². The van der Waals surface area contributed by atoms with E-state index < -0.39 is 0 Å². The number of aromatic amines is 1. The summed E-state index contributed by atoms with van der Waals surface area (Å²) in [4.78, 5) is 17.9. The highest BCUT2D eigenvalue weighted by Gasteiger charge is 2.17. The third-order valence-corrected chi connectivity index (χ3v) is 4.69. The molecule has 0 amide bonds. The monoisotopic (exact) mass is 339 g/mol. The van der Waals surface area contributed by atoms with Gasteiger partial charge in [-0.15, -0.1) is 0 Å². The van der Waals surface area contributed by atoms with E-state index in [1.165, 1.54) is 0 Å². The number of H-pyrrole nitrogens is 1. The standard InChI is InChI=1S/C19H18ClN3O/c1-22(2)9-10-23-16-8-7-12(20)11-14(16)17-13-5-3-4-6-15(13)21-19(24)18(17)23/h3-8,11H,9-10H2,1-2H3,(H,21,24). The molecule has 0 bridgehead atoms. The van der Waals surface area contributed by atoms with Crippen LogP contribution in [0.4, 0.5) is 0 Å². The van der Waals surface area contributed by atoms with Gasteiger partial charge >= 0.3 is 0 Å². The number of pyridine rings is 1. The Morgan fingerprint density at radius 1 is 1.12 bits per heavy atom. The van der Waals surface area contributed by atoms with Gasteiger partial charge in [-0.25, -0.2) is 0 Å². The molecule has 2 heterocycles. The largest absolute Gasteiger partial charge is 0.335 e. The van der Waals surface area contributed by atoms with Crippen LogP contribution in [0.15, 0.2) is 47.3 Å². The van der Waals surface area contributed by atoms with Gasteiger partial charge in [0.1, 0.15) is 5.52 Å². The zero-order valence-electron chi connectivity index (χ0n) is 13.6. The molecule has 0 radical (unpaired) electrons. The van der Waals surface area contributed by atoms with E-state index >= 15 is 0 Å². The van der Waals surface area contributed by atoms with Gasteiger partial charge in [-0.1, -0.05) is 29.8 Å². The van der Waals surface area contributed by atoms with Gasteiger partial charge in [0.25, 0.3) is 5.56 Å². The molecule has 0 spiro atoms. The van der Waals surface area contributed by atoms with Crippen molar-refractivity contribution in [2.45, 2.75) is 6.54 Å². The van der Waals surface area contributed by atoms with E-state index in [1.807, 2.05) is 56.6 Å². The second kappa shape index (κ2) is 5.65. The third-order valence-electron chi connectivity index (χ3n) is 4.46. The maximum Gasteiger partial charge on any atom is 0.272 e. The molecule has 0 fully saturated rings. The van der Waals surface area contributed by atoms with Crippen LogP contribution in [-0.4, -0.2) is 35.1 Å². The summed E-state index contributed by atoms with van der Waals surface area (Å²) in [5, 5.41) is 3.73. The minimum absolute atomic E-state index is 0.0604. The third kappa shape index (κ3) is 2.30. The van der Waals surface area contributed by atoms with Crippen molar-refractivity contribution in [3.63, 3.8) is 0 Å². The summed E-state index contributed by atoms with van der Waals surface area (Å²) in [6.07, 6.45) is 0. The van der Waals surface area contributed by atoms with Crippen molar-refractivity contribution in [3.8, 4) is 0 Å². The lowest BCUT2D eigenvalue weighted by molar-refractivity contribution is 0.389. The molecule has 2 aromatic heterocycles. The molecular weight excluding hydrogens is 322 g/mol. The number of likely N-dealkylation sites (N-methyl/N-ethyl adjacent to an activating group) is 1. The fourth-order valence-corrected chi connectivity index (χ4v) is 3.53. The maximum absolute atomic E-state index is 12.8. The van der Waals surface area contributed by atoms with Crippen LogP contribution in [0.5, 0.6) is 0 Å². The number of nitrogens with one attached hydrogen (secondary N) is 1. The maximum atomic E-state index is 12.8. The zero-order valence-corrected chi connectivity index (χ0v) is 14.4. The summed E-state index contributed by atoms with van der Waals surface area (Å²) in [5.41, 5.74) is 2.54. The van der Waals surface area contributed by atoms with Crippen molar-refractivity contribution in [1.82, 2.24) is 14.5 Å². The first kappa shape index (κ1) is 15.2. The molecular formula is C19H18ClN3O. The molecule has 0 aliphatic carbocycles. The Balaban J connectivity index is 2.20. The van der Waals surface area contributed by atoms with E-state index in [2.05, 4.69) is 14.5 Å². The van der Waals surface area contributed by atoms with Crippen molar-refractivity contribution in [3.05, 3.63) is 57.8 Å². The van der Waals surface area contributed by atoms with Crippen molar-refractivity contribution in [1.29, 1.82) is 0 Å². The Bertz CT molecular complexity index is 1120. The van der Waals surface area contributed by atoms with Crippen LogP contribution in [0.2, 0.25) is 5.02 Å². The van der Waals surface area contributed by atoms with Gasteiger partial charge in [-0.3, -0.25) is 4.79 Å². The Labute approximate surface area is 144 Å². The van der Waals surface area contributed by atoms with Crippen LogP contribution in [0.25, 0.3) is 32.7 Å². The second-order valence-electron chi connectivity index (χ2n) is 6.34. The van der Waals surface area contributed by atoms with E-state index in [0.29, 0.717) is 10.5 Å². The van der Waals surface area contributed by atoms with Crippen LogP contribution in [0.1, 0.15) is 0 Å². The van der Waals surface area contributed by atoms with E-state index in [0.717, 1.165) is 40.3 Å². The molecule has 0 saturated carbocycles. The van der Waals surface area contributed by atoms with Crippen LogP contribution in [0.3, 0.4) is 0 Å². The van der Waals surface area contributed by atoms with E-state index in [4.69, 9.17) is 11.6 Å². The molecule has 5 heteroatoms. The quantitative estimate of drug-likeness (QED) is 0.616. The molecule has 0 aliphatic rings. The molecule has 0 atom stereocenters. The average molecular weight is 340 g/mol. The first-order chi connectivity index (χ1) is 11.6. The smallest absolute Gasteiger partial charge is 0.272 e. The number of aromatic nitrogens is 2. The van der Waals surface area contributed by atoms with Crippen LogP contribution >= 0.6 is 11.6 Å². The van der Waals surface area contributed by atoms with Gasteiger partial charge in [-0.2, -0.15) is 0 Å². The Kier molecular flexibility index (Phi) is 3.59. The van der Waals surface area contributed by atoms with Gasteiger partial charge in [0, 0.05) is 45.3 Å². The molecule has 4 nitrogen and oxygen atoms in total. The number of benzene rings is 2. The fourth-order valence-electron chi connectivity index (χ4n) is 3.36. The normalized spacial score (nSPS) is 12.0. The van der Waals surface area contributed by atoms with E-state index in [9.17, 15) is 4.79 Å². The second-order valence-corrected chi connectivity index (χ2v) is 6.78. The van der Waals surface area contributed by atoms with Crippen LogP contribution < -0.4 is 5.56 Å². The van der Waals surface area contributed by atoms with Crippen molar-refractivity contribution in [2.75, 3.05) is 20.6 Å². The van der Waals surface area contributed by atoms with Crippen molar-refractivity contribution < 1.29 is 0 Å². The predicted octanol–water partition coefficient (Wildman–Crippen LogP) is 3.85. The number of halogens is 1. The average Bonchev–Trinajstić information content (AvgIpc) is 2.87. The highest BCUT2D eigenvalue weighted by atomic mass is 35.5. The Hall–Kier alpha value is -2.30. The van der Waals surface area contributed by atoms with E-state index in [-0.39, 0.29) is 5.56 Å². The lowest BCUT2D eigenvalue weighted by Gasteiger charge is -2.12. The first-order valence-electron chi connectivity index (χ1n) is 7.93. The van der Waals surface area contributed by atoms with Crippen LogP contribution in [0, 0.1) is 0 Å². The minimum Gasteiger partial charge on any atom is -0.335 e. The number of rotatable bonds is 3. The zero-order chi connectivity index (χ0) is 16.8. The topological polar surface area (TPSA) is 41.0 Å². The first-order valence-corrected chi connectivity index (χ1v) is 8.31. The predicted molar refractivity (Wildman–Crippen MR) is 101 cm³/mol. The number of nitrogens with zero attached hydrogens (tertiary/aromatic N) is 2. The van der Waals surface area contributed by atoms with Gasteiger partial charge in [0.15, 0.2) is 0 Å². The highest BCUT2D eigenvalue weighted by molar-refractivity contribution is 6.32. The lowest BCUT2D eigenvalue weighted by Crippen LogP contribution is -2.20. The van der Waals surface area contributed by atoms with Crippen molar-refractivity contribution in [2.24, 2.45) is 0 Å². The number of hydrogen-bond donors (Lipinski definition) is 1. The number of fused-ring (bicyclic) bond motifs is 5. The van der Waals surface area contributed by atoms with Gasteiger partial charge in [-0.05, 0) is 38.4 Å². The minimum atomic E-state index is -0.0604. The molecule has 0 aliphatic heterocycles. The molecule has 24 heavy (non-hydrogen) atoms. The summed E-state index contributed by atoms with van der Waals surface area (Å²) in [5.74, 6) is 0. The molecule has 0 unspecified atom stereocenters. The SMILES string of the molecule is CN(C)CCn1c2ccc(Cl)cc2c2c3ccccc3[nH]c(=O)c21. The lowest BCUT2D eigenvalue weighted by atomic mass is 10.1. The Morgan fingerprint density at radius 3 is 2.71 bits per heavy atom. The molecule has 0 saturated heterocycles. The van der Waals surface area contributed by atoms with Gasteiger partial charge in [0.05, 0.1) is 0 Å². The summed E-state index contributed by atoms with van der Waals surface area (Å²) < 4.78 is 2.10. The fraction of sp³-hybridized carbons (Fsp3) is 0.211. The number of hydrogen-bond acceptors (Lipinski definition) is 2. The molecule has 4 aromatic rings. The summed E-state index contributed by atoms with van der Waals surface area (Å²) in [6.45, 7) is 1.60. The van der Waals surface area contributed by atoms with Crippen LogP contribution in [-0.2, 0) is 6.54 Å². The molecule has 1 N–H and O–H groups in total. The highest BCUT2D eigenvalue weighted by Crippen LogP contribution is 2.33. The Morgan fingerprint density at radius 2 is 1.92 bits per heavy atom. The molecule has 122 valence electrons. The van der Waals surface area contributed by atoms with Crippen molar-refractivity contribution >= 4 is 44.3 Å². The number of para-hydroxylation sites is 1. The summed E-state index contributed by atoms with van der Waals surface area (Å²) in [7, 11) is 4.06. The van der Waals surface area contributed by atoms with Gasteiger partial charge < -0.3 is 14.5 Å². The molecule has 2 aromatic carbocycles. The molecule has 4 rings (SSSR count).